The van der Waals surface area contributed by atoms with Gasteiger partial charge in [0.2, 0.25) is 5.91 Å². The number of hydrogen-bond acceptors (Lipinski definition) is 3. The van der Waals surface area contributed by atoms with Crippen LogP contribution in [0.15, 0.2) is 24.3 Å². The van der Waals surface area contributed by atoms with Crippen LogP contribution in [0, 0.1) is 0 Å². The van der Waals surface area contributed by atoms with Crippen LogP contribution in [-0.4, -0.2) is 42.2 Å². The molecule has 2 rings (SSSR count). The SMILES string of the molecule is CC(O)CN(C)C(=O)CC1CNc2ccccc21. The summed E-state index contributed by atoms with van der Waals surface area (Å²) in [5.41, 5.74) is 2.35. The van der Waals surface area contributed by atoms with E-state index in [1.54, 1.807) is 18.9 Å². The van der Waals surface area contributed by atoms with Gasteiger partial charge in [0.05, 0.1) is 6.10 Å². The number of para-hydroxylation sites is 1. The Bertz CT molecular complexity index is 432. The fourth-order valence-corrected chi connectivity index (χ4v) is 2.40. The Hall–Kier alpha value is -1.55. The minimum Gasteiger partial charge on any atom is -0.392 e. The highest BCUT2D eigenvalue weighted by Gasteiger charge is 2.25. The maximum absolute atomic E-state index is 12.0. The highest BCUT2D eigenvalue weighted by atomic mass is 16.3. The molecule has 4 nitrogen and oxygen atoms in total. The molecule has 2 unspecified atom stereocenters. The number of amides is 1. The second-order valence-corrected chi connectivity index (χ2v) is 4.99. The van der Waals surface area contributed by atoms with E-state index in [-0.39, 0.29) is 11.8 Å². The third-order valence-corrected chi connectivity index (χ3v) is 3.32. The first kappa shape index (κ1) is 12.9. The summed E-state index contributed by atoms with van der Waals surface area (Å²) in [6, 6.07) is 8.11. The number of aliphatic hydroxyl groups excluding tert-OH is 1. The normalized spacial score (nSPS) is 18.9. The zero-order valence-corrected chi connectivity index (χ0v) is 10.9. The lowest BCUT2D eigenvalue weighted by atomic mass is 9.97. The lowest BCUT2D eigenvalue weighted by Crippen LogP contribution is -2.34. The minimum absolute atomic E-state index is 0.0828. The number of carbonyl (C=O) groups excluding carboxylic acids is 1. The zero-order valence-electron chi connectivity index (χ0n) is 10.9. The van der Waals surface area contributed by atoms with Gasteiger partial charge in [-0.2, -0.15) is 0 Å². The Morgan fingerprint density at radius 1 is 1.56 bits per heavy atom. The predicted molar refractivity (Wildman–Crippen MR) is 71.6 cm³/mol. The highest BCUT2D eigenvalue weighted by molar-refractivity contribution is 5.78. The number of aliphatic hydroxyl groups is 1. The van der Waals surface area contributed by atoms with Crippen LogP contribution >= 0.6 is 0 Å². The van der Waals surface area contributed by atoms with Gasteiger partial charge in [0.15, 0.2) is 0 Å². The van der Waals surface area contributed by atoms with Crippen molar-refractivity contribution >= 4 is 11.6 Å². The molecule has 0 fully saturated rings. The van der Waals surface area contributed by atoms with Crippen LogP contribution in [0.1, 0.15) is 24.8 Å². The average molecular weight is 248 g/mol. The van der Waals surface area contributed by atoms with Gasteiger partial charge in [-0.3, -0.25) is 4.79 Å². The molecule has 0 saturated heterocycles. The van der Waals surface area contributed by atoms with Crippen LogP contribution in [0.4, 0.5) is 5.69 Å². The number of nitrogens with zero attached hydrogens (tertiary/aromatic N) is 1. The molecule has 0 saturated carbocycles. The van der Waals surface area contributed by atoms with Crippen molar-refractivity contribution in [2.75, 3.05) is 25.5 Å². The number of anilines is 1. The van der Waals surface area contributed by atoms with Gasteiger partial charge in [-0.05, 0) is 18.6 Å². The molecule has 1 aromatic carbocycles. The topological polar surface area (TPSA) is 52.6 Å². The molecule has 1 amide bonds. The summed E-state index contributed by atoms with van der Waals surface area (Å²) in [4.78, 5) is 13.6. The van der Waals surface area contributed by atoms with Gasteiger partial charge in [-0.25, -0.2) is 0 Å². The van der Waals surface area contributed by atoms with Crippen LogP contribution < -0.4 is 5.32 Å². The van der Waals surface area contributed by atoms with E-state index in [2.05, 4.69) is 11.4 Å². The maximum atomic E-state index is 12.0. The van der Waals surface area contributed by atoms with Crippen LogP contribution in [0.3, 0.4) is 0 Å². The van der Waals surface area contributed by atoms with E-state index in [1.165, 1.54) is 5.56 Å². The van der Waals surface area contributed by atoms with Crippen molar-refractivity contribution in [1.29, 1.82) is 0 Å². The zero-order chi connectivity index (χ0) is 13.1. The quantitative estimate of drug-likeness (QED) is 0.847. The maximum Gasteiger partial charge on any atom is 0.223 e. The Kier molecular flexibility index (Phi) is 3.87. The molecule has 2 atom stereocenters. The Morgan fingerprint density at radius 2 is 2.28 bits per heavy atom. The summed E-state index contributed by atoms with van der Waals surface area (Å²) in [6.45, 7) is 2.89. The standard InChI is InChI=1S/C14H20N2O2/c1-10(17)9-16(2)14(18)7-11-8-15-13-6-4-3-5-12(11)13/h3-6,10-11,15,17H,7-9H2,1-2H3. The smallest absolute Gasteiger partial charge is 0.223 e. The molecule has 0 radical (unpaired) electrons. The van der Waals surface area contributed by atoms with Crippen molar-refractivity contribution in [3.05, 3.63) is 29.8 Å². The van der Waals surface area contributed by atoms with E-state index in [0.717, 1.165) is 12.2 Å². The Balaban J connectivity index is 1.97. The van der Waals surface area contributed by atoms with E-state index in [0.29, 0.717) is 13.0 Å². The molecular formula is C14H20N2O2. The second-order valence-electron chi connectivity index (χ2n) is 4.99. The fraction of sp³-hybridized carbons (Fsp3) is 0.500. The lowest BCUT2D eigenvalue weighted by Gasteiger charge is -2.20. The minimum atomic E-state index is -0.479. The highest BCUT2D eigenvalue weighted by Crippen LogP contribution is 2.33. The van der Waals surface area contributed by atoms with E-state index < -0.39 is 6.10 Å². The van der Waals surface area contributed by atoms with E-state index >= 15 is 0 Å². The molecule has 0 aromatic heterocycles. The second kappa shape index (κ2) is 5.40. The van der Waals surface area contributed by atoms with Gasteiger partial charge in [0, 0.05) is 38.2 Å². The average Bonchev–Trinajstić information content (AvgIpc) is 2.72. The van der Waals surface area contributed by atoms with Crippen molar-refractivity contribution in [3.8, 4) is 0 Å². The summed E-state index contributed by atoms with van der Waals surface area (Å²) in [5.74, 6) is 0.324. The lowest BCUT2D eigenvalue weighted by molar-refractivity contribution is -0.131. The van der Waals surface area contributed by atoms with Crippen LogP contribution in [-0.2, 0) is 4.79 Å². The fourth-order valence-electron chi connectivity index (χ4n) is 2.40. The molecule has 1 aromatic rings. The Morgan fingerprint density at radius 3 is 3.00 bits per heavy atom. The summed E-state index contributed by atoms with van der Waals surface area (Å²) in [7, 11) is 1.74. The predicted octanol–water partition coefficient (Wildman–Crippen LogP) is 1.42. The molecule has 1 heterocycles. The van der Waals surface area contributed by atoms with Crippen LogP contribution in [0.25, 0.3) is 0 Å². The molecule has 0 bridgehead atoms. The van der Waals surface area contributed by atoms with E-state index in [4.69, 9.17) is 0 Å². The van der Waals surface area contributed by atoms with Gasteiger partial charge in [-0.15, -0.1) is 0 Å². The van der Waals surface area contributed by atoms with Crippen molar-refractivity contribution in [3.63, 3.8) is 0 Å². The van der Waals surface area contributed by atoms with Crippen molar-refractivity contribution in [2.24, 2.45) is 0 Å². The molecule has 4 heteroatoms. The van der Waals surface area contributed by atoms with Gasteiger partial charge in [-0.1, -0.05) is 18.2 Å². The third kappa shape index (κ3) is 2.82. The van der Waals surface area contributed by atoms with Crippen LogP contribution in [0.2, 0.25) is 0 Å². The van der Waals surface area contributed by atoms with Gasteiger partial charge < -0.3 is 15.3 Å². The van der Waals surface area contributed by atoms with E-state index in [9.17, 15) is 9.90 Å². The molecular weight excluding hydrogens is 228 g/mol. The summed E-state index contributed by atoms with van der Waals surface area (Å²) in [6.07, 6.45) is 0.0145. The van der Waals surface area contributed by atoms with Crippen molar-refractivity contribution < 1.29 is 9.90 Å². The summed E-state index contributed by atoms with van der Waals surface area (Å²) >= 11 is 0. The first-order chi connectivity index (χ1) is 8.58. The van der Waals surface area contributed by atoms with E-state index in [1.807, 2.05) is 18.2 Å². The summed E-state index contributed by atoms with van der Waals surface area (Å²) < 4.78 is 0. The van der Waals surface area contributed by atoms with Gasteiger partial charge >= 0.3 is 0 Å². The molecule has 2 N–H and O–H groups in total. The molecule has 0 aliphatic carbocycles. The van der Waals surface area contributed by atoms with Crippen LogP contribution in [0.5, 0.6) is 0 Å². The molecule has 1 aliphatic heterocycles. The molecule has 98 valence electrons. The first-order valence-electron chi connectivity index (χ1n) is 6.32. The number of likely N-dealkylation sites (N-methyl/N-ethyl adjacent to an activating group) is 1. The number of carbonyl (C=O) groups is 1. The first-order valence-corrected chi connectivity index (χ1v) is 6.32. The largest absolute Gasteiger partial charge is 0.392 e. The number of nitrogens with one attached hydrogen (secondary N) is 1. The van der Waals surface area contributed by atoms with Crippen molar-refractivity contribution in [1.82, 2.24) is 4.90 Å². The molecule has 0 spiro atoms. The van der Waals surface area contributed by atoms with Gasteiger partial charge in [0.25, 0.3) is 0 Å². The third-order valence-electron chi connectivity index (χ3n) is 3.32. The van der Waals surface area contributed by atoms with Crippen molar-refractivity contribution in [2.45, 2.75) is 25.4 Å². The molecule has 18 heavy (non-hydrogen) atoms. The number of benzene rings is 1. The number of fused-ring (bicyclic) bond motifs is 1. The number of rotatable bonds is 4. The Labute approximate surface area is 108 Å². The number of hydrogen-bond donors (Lipinski definition) is 2. The van der Waals surface area contributed by atoms with Gasteiger partial charge in [0.1, 0.15) is 0 Å². The monoisotopic (exact) mass is 248 g/mol. The molecule has 1 aliphatic rings. The summed E-state index contributed by atoms with van der Waals surface area (Å²) in [5, 5.41) is 12.6.